The van der Waals surface area contributed by atoms with Crippen molar-refractivity contribution in [2.45, 2.75) is 6.92 Å². The van der Waals surface area contributed by atoms with E-state index in [1.165, 1.54) is 11.3 Å². The third-order valence-electron chi connectivity index (χ3n) is 2.00. The summed E-state index contributed by atoms with van der Waals surface area (Å²) in [6.45, 7) is 1.90. The van der Waals surface area contributed by atoms with Gasteiger partial charge in [-0.1, -0.05) is 18.2 Å². The average Bonchev–Trinajstić information content (AvgIpc) is 2.66. The van der Waals surface area contributed by atoms with Crippen molar-refractivity contribution in [1.82, 2.24) is 0 Å². The number of carbonyl (C=O) groups is 1. The zero-order chi connectivity index (χ0) is 10.7. The standard InChI is InChI=1S/C12H10O2S/c1-9-7-8-15-11(9)12(13)14-10-5-3-2-4-6-10/h2-8H,1H3. The Labute approximate surface area is 92.1 Å². The summed E-state index contributed by atoms with van der Waals surface area (Å²) in [5.74, 6) is 0.295. The number of benzene rings is 1. The SMILES string of the molecule is Cc1ccsc1C(=O)Oc1ccccc1. The zero-order valence-corrected chi connectivity index (χ0v) is 9.08. The molecule has 0 aliphatic carbocycles. The van der Waals surface area contributed by atoms with Crippen LogP contribution in [0.15, 0.2) is 41.8 Å². The van der Waals surface area contributed by atoms with E-state index in [1.54, 1.807) is 12.1 Å². The lowest BCUT2D eigenvalue weighted by Gasteiger charge is -2.02. The molecule has 0 saturated heterocycles. The van der Waals surface area contributed by atoms with Crippen LogP contribution in [0.3, 0.4) is 0 Å². The number of carbonyl (C=O) groups excluding carboxylic acids is 1. The number of esters is 1. The van der Waals surface area contributed by atoms with Gasteiger partial charge in [-0.2, -0.15) is 0 Å². The number of thiophene rings is 1. The molecule has 76 valence electrons. The van der Waals surface area contributed by atoms with E-state index in [-0.39, 0.29) is 5.97 Å². The molecule has 0 spiro atoms. The van der Waals surface area contributed by atoms with Crippen LogP contribution in [0.25, 0.3) is 0 Å². The highest BCUT2D eigenvalue weighted by Crippen LogP contribution is 2.18. The van der Waals surface area contributed by atoms with E-state index >= 15 is 0 Å². The summed E-state index contributed by atoms with van der Waals surface area (Å²) in [4.78, 5) is 12.3. The first-order valence-corrected chi connectivity index (χ1v) is 5.46. The minimum absolute atomic E-state index is 0.284. The molecular weight excluding hydrogens is 208 g/mol. The number of ether oxygens (including phenoxy) is 1. The fourth-order valence-corrected chi connectivity index (χ4v) is 2.02. The zero-order valence-electron chi connectivity index (χ0n) is 8.27. The molecule has 0 radical (unpaired) electrons. The van der Waals surface area contributed by atoms with Gasteiger partial charge in [-0.15, -0.1) is 11.3 Å². The van der Waals surface area contributed by atoms with Crippen molar-refractivity contribution in [2.75, 3.05) is 0 Å². The Hall–Kier alpha value is -1.61. The molecule has 0 amide bonds. The third kappa shape index (κ3) is 2.25. The Balaban J connectivity index is 2.15. The molecule has 0 bridgehead atoms. The van der Waals surface area contributed by atoms with E-state index in [9.17, 15) is 4.79 Å². The summed E-state index contributed by atoms with van der Waals surface area (Å²) in [6.07, 6.45) is 0. The van der Waals surface area contributed by atoms with Gasteiger partial charge in [-0.25, -0.2) is 4.79 Å². The third-order valence-corrected chi connectivity index (χ3v) is 3.00. The monoisotopic (exact) mass is 218 g/mol. The topological polar surface area (TPSA) is 26.3 Å². The minimum atomic E-state index is -0.284. The van der Waals surface area contributed by atoms with Crippen LogP contribution in [-0.2, 0) is 0 Å². The molecule has 0 fully saturated rings. The lowest BCUT2D eigenvalue weighted by atomic mass is 10.3. The van der Waals surface area contributed by atoms with E-state index < -0.39 is 0 Å². The summed E-state index contributed by atoms with van der Waals surface area (Å²) >= 11 is 1.40. The first-order valence-electron chi connectivity index (χ1n) is 4.58. The van der Waals surface area contributed by atoms with Gasteiger partial charge in [0, 0.05) is 0 Å². The second kappa shape index (κ2) is 4.28. The van der Waals surface area contributed by atoms with Crippen molar-refractivity contribution < 1.29 is 9.53 Å². The first kappa shape index (κ1) is 9.93. The van der Waals surface area contributed by atoms with E-state index in [0.29, 0.717) is 10.6 Å². The Morgan fingerprint density at radius 1 is 1.20 bits per heavy atom. The lowest BCUT2D eigenvalue weighted by molar-refractivity contribution is 0.0739. The van der Waals surface area contributed by atoms with Crippen LogP contribution >= 0.6 is 11.3 Å². The maximum Gasteiger partial charge on any atom is 0.353 e. The van der Waals surface area contributed by atoms with Gasteiger partial charge in [0.05, 0.1) is 0 Å². The second-order valence-electron chi connectivity index (χ2n) is 3.14. The molecule has 0 unspecified atom stereocenters. The lowest BCUT2D eigenvalue weighted by Crippen LogP contribution is -2.07. The van der Waals surface area contributed by atoms with Crippen molar-refractivity contribution in [3.05, 3.63) is 52.2 Å². The molecule has 0 aliphatic heterocycles. The van der Waals surface area contributed by atoms with E-state index in [1.807, 2.05) is 36.6 Å². The highest BCUT2D eigenvalue weighted by molar-refractivity contribution is 7.12. The second-order valence-corrected chi connectivity index (χ2v) is 4.05. The molecule has 0 aliphatic rings. The quantitative estimate of drug-likeness (QED) is 0.571. The Morgan fingerprint density at radius 3 is 2.53 bits per heavy atom. The Morgan fingerprint density at radius 2 is 1.93 bits per heavy atom. The van der Waals surface area contributed by atoms with Crippen molar-refractivity contribution in [3.8, 4) is 5.75 Å². The van der Waals surface area contributed by atoms with Gasteiger partial charge in [-0.3, -0.25) is 0 Å². The molecule has 0 atom stereocenters. The van der Waals surface area contributed by atoms with Crippen LogP contribution in [0.2, 0.25) is 0 Å². The highest BCUT2D eigenvalue weighted by atomic mass is 32.1. The molecule has 1 aromatic carbocycles. The van der Waals surface area contributed by atoms with Gasteiger partial charge in [0.1, 0.15) is 10.6 Å². The maximum absolute atomic E-state index is 11.7. The summed E-state index contributed by atoms with van der Waals surface area (Å²) in [7, 11) is 0. The maximum atomic E-state index is 11.7. The molecular formula is C12H10O2S. The molecule has 0 N–H and O–H groups in total. The van der Waals surface area contributed by atoms with E-state index in [4.69, 9.17) is 4.74 Å². The van der Waals surface area contributed by atoms with Crippen LogP contribution in [0.1, 0.15) is 15.2 Å². The van der Waals surface area contributed by atoms with Crippen molar-refractivity contribution in [1.29, 1.82) is 0 Å². The van der Waals surface area contributed by atoms with Gasteiger partial charge < -0.3 is 4.74 Å². The van der Waals surface area contributed by atoms with Gasteiger partial charge in [-0.05, 0) is 36.1 Å². The predicted octanol–water partition coefficient (Wildman–Crippen LogP) is 3.28. The van der Waals surface area contributed by atoms with Crippen LogP contribution < -0.4 is 4.74 Å². The molecule has 2 nitrogen and oxygen atoms in total. The smallest absolute Gasteiger partial charge is 0.353 e. The molecule has 3 heteroatoms. The predicted molar refractivity (Wildman–Crippen MR) is 60.5 cm³/mol. The minimum Gasteiger partial charge on any atom is -0.422 e. The highest BCUT2D eigenvalue weighted by Gasteiger charge is 2.12. The van der Waals surface area contributed by atoms with Gasteiger partial charge in [0.2, 0.25) is 0 Å². The summed E-state index contributed by atoms with van der Waals surface area (Å²) in [5, 5.41) is 1.89. The summed E-state index contributed by atoms with van der Waals surface area (Å²) in [6, 6.07) is 11.0. The number of para-hydroxylation sites is 1. The fourth-order valence-electron chi connectivity index (χ4n) is 1.22. The van der Waals surface area contributed by atoms with Crippen LogP contribution in [0.4, 0.5) is 0 Å². The number of aryl methyl sites for hydroxylation is 1. The summed E-state index contributed by atoms with van der Waals surface area (Å²) in [5.41, 5.74) is 0.959. The van der Waals surface area contributed by atoms with Crippen molar-refractivity contribution in [3.63, 3.8) is 0 Å². The van der Waals surface area contributed by atoms with Crippen LogP contribution in [0.5, 0.6) is 5.75 Å². The normalized spacial score (nSPS) is 9.93. The first-order chi connectivity index (χ1) is 7.27. The molecule has 15 heavy (non-hydrogen) atoms. The number of rotatable bonds is 2. The molecule has 2 aromatic rings. The molecule has 2 rings (SSSR count). The number of hydrogen-bond acceptors (Lipinski definition) is 3. The van der Waals surface area contributed by atoms with Crippen molar-refractivity contribution in [2.24, 2.45) is 0 Å². The van der Waals surface area contributed by atoms with Crippen molar-refractivity contribution >= 4 is 17.3 Å². The Kier molecular flexibility index (Phi) is 2.83. The van der Waals surface area contributed by atoms with Gasteiger partial charge in [0.15, 0.2) is 0 Å². The van der Waals surface area contributed by atoms with Crippen LogP contribution in [0, 0.1) is 6.92 Å². The summed E-state index contributed by atoms with van der Waals surface area (Å²) < 4.78 is 5.21. The van der Waals surface area contributed by atoms with E-state index in [0.717, 1.165) is 5.56 Å². The average molecular weight is 218 g/mol. The Bertz CT molecular complexity index is 459. The molecule has 0 saturated carbocycles. The van der Waals surface area contributed by atoms with Gasteiger partial charge in [0.25, 0.3) is 0 Å². The molecule has 1 heterocycles. The fraction of sp³-hybridized carbons (Fsp3) is 0.0833. The van der Waals surface area contributed by atoms with Crippen LogP contribution in [-0.4, -0.2) is 5.97 Å². The molecule has 1 aromatic heterocycles. The van der Waals surface area contributed by atoms with Gasteiger partial charge >= 0.3 is 5.97 Å². The number of hydrogen-bond donors (Lipinski definition) is 0. The largest absolute Gasteiger partial charge is 0.422 e. The van der Waals surface area contributed by atoms with E-state index in [2.05, 4.69) is 0 Å².